The fraction of sp³-hybridized carbons (Fsp3) is 0.222. The van der Waals surface area contributed by atoms with E-state index in [0.29, 0.717) is 16.0 Å². The molecule has 0 heterocycles. The number of hydrogen-bond acceptors (Lipinski definition) is 1. The number of nitrogens with two attached hydrogens (primary N) is 1. The van der Waals surface area contributed by atoms with Crippen molar-refractivity contribution < 1.29 is 0 Å². The lowest BCUT2D eigenvalue weighted by molar-refractivity contribution is 1.20. The van der Waals surface area contributed by atoms with Crippen molar-refractivity contribution in [1.82, 2.24) is 0 Å². The molecule has 1 aromatic rings. The Morgan fingerprint density at radius 2 is 2.07 bits per heavy atom. The fourth-order valence-electron chi connectivity index (χ4n) is 1.02. The Balaban J connectivity index is 3.13. The maximum Gasteiger partial charge on any atom is 0.195 e. The molecule has 0 unspecified atom stereocenters. The minimum Gasteiger partial charge on any atom is -0.370 e. The lowest BCUT2D eigenvalue weighted by Gasteiger charge is -2.19. The van der Waals surface area contributed by atoms with Crippen LogP contribution in [-0.2, 0) is 0 Å². The first-order chi connectivity index (χ1) is 6.57. The molecule has 0 spiro atoms. The van der Waals surface area contributed by atoms with E-state index in [0.717, 1.165) is 5.69 Å². The lowest BCUT2D eigenvalue weighted by atomic mass is 10.3. The summed E-state index contributed by atoms with van der Waals surface area (Å²) in [5.74, 6) is 0.383. The summed E-state index contributed by atoms with van der Waals surface area (Å²) in [6.07, 6.45) is 0. The van der Waals surface area contributed by atoms with Crippen molar-refractivity contribution in [3.63, 3.8) is 0 Å². The van der Waals surface area contributed by atoms with Gasteiger partial charge in [-0.25, -0.2) is 0 Å². The van der Waals surface area contributed by atoms with E-state index >= 15 is 0 Å². The second-order valence-corrected chi connectivity index (χ2v) is 3.50. The van der Waals surface area contributed by atoms with Gasteiger partial charge in [0.15, 0.2) is 5.96 Å². The summed E-state index contributed by atoms with van der Waals surface area (Å²) in [4.78, 5) is 5.53. The molecular formula is C9H11Cl2N3. The number of hydrogen-bond donors (Lipinski definition) is 1. The van der Waals surface area contributed by atoms with Crippen LogP contribution in [0.25, 0.3) is 0 Å². The molecule has 0 fully saturated rings. The van der Waals surface area contributed by atoms with E-state index in [1.165, 1.54) is 0 Å². The van der Waals surface area contributed by atoms with Gasteiger partial charge in [0, 0.05) is 14.1 Å². The van der Waals surface area contributed by atoms with Gasteiger partial charge in [0.1, 0.15) is 0 Å². The summed E-state index contributed by atoms with van der Waals surface area (Å²) < 4.78 is 0. The molecule has 0 aromatic heterocycles. The van der Waals surface area contributed by atoms with E-state index in [-0.39, 0.29) is 0 Å². The van der Waals surface area contributed by atoms with Crippen molar-refractivity contribution in [3.8, 4) is 0 Å². The highest BCUT2D eigenvalue weighted by Gasteiger charge is 2.10. The number of halogens is 2. The zero-order valence-corrected chi connectivity index (χ0v) is 9.47. The topological polar surface area (TPSA) is 41.6 Å². The lowest BCUT2D eigenvalue weighted by Crippen LogP contribution is -2.33. The summed E-state index contributed by atoms with van der Waals surface area (Å²) in [5.41, 5.74) is 6.38. The van der Waals surface area contributed by atoms with Gasteiger partial charge in [-0.05, 0) is 12.1 Å². The molecule has 0 amide bonds. The van der Waals surface area contributed by atoms with Gasteiger partial charge in [0.05, 0.1) is 15.7 Å². The first kappa shape index (κ1) is 11.1. The first-order valence-corrected chi connectivity index (χ1v) is 4.73. The maximum atomic E-state index is 6.00. The van der Waals surface area contributed by atoms with Crippen LogP contribution in [0.4, 0.5) is 5.69 Å². The number of guanidine groups is 1. The van der Waals surface area contributed by atoms with Gasteiger partial charge in [-0.1, -0.05) is 29.3 Å². The van der Waals surface area contributed by atoms with Crippen LogP contribution in [0.2, 0.25) is 10.0 Å². The van der Waals surface area contributed by atoms with Crippen molar-refractivity contribution in [2.75, 3.05) is 19.0 Å². The van der Waals surface area contributed by atoms with Gasteiger partial charge in [0.25, 0.3) is 0 Å². The van der Waals surface area contributed by atoms with Gasteiger partial charge in [-0.3, -0.25) is 4.99 Å². The maximum absolute atomic E-state index is 6.00. The molecule has 1 rings (SSSR count). The van der Waals surface area contributed by atoms with Crippen molar-refractivity contribution in [1.29, 1.82) is 0 Å². The van der Waals surface area contributed by atoms with Crippen LogP contribution < -0.4 is 10.6 Å². The summed E-state index contributed by atoms with van der Waals surface area (Å²) >= 11 is 11.9. The number of anilines is 1. The van der Waals surface area contributed by atoms with Crippen LogP contribution in [0.3, 0.4) is 0 Å². The Kier molecular flexibility index (Phi) is 3.61. The summed E-state index contributed by atoms with van der Waals surface area (Å²) in [6, 6.07) is 5.36. The quantitative estimate of drug-likeness (QED) is 0.596. The van der Waals surface area contributed by atoms with Crippen LogP contribution in [0, 0.1) is 0 Å². The van der Waals surface area contributed by atoms with E-state index in [9.17, 15) is 0 Å². The molecule has 2 N–H and O–H groups in total. The molecule has 0 radical (unpaired) electrons. The van der Waals surface area contributed by atoms with E-state index < -0.39 is 0 Å². The van der Waals surface area contributed by atoms with E-state index in [4.69, 9.17) is 28.9 Å². The molecule has 14 heavy (non-hydrogen) atoms. The van der Waals surface area contributed by atoms with Crippen molar-refractivity contribution in [3.05, 3.63) is 28.2 Å². The van der Waals surface area contributed by atoms with Gasteiger partial charge in [0.2, 0.25) is 0 Å². The molecule has 5 heteroatoms. The third kappa shape index (κ3) is 2.11. The van der Waals surface area contributed by atoms with Gasteiger partial charge < -0.3 is 10.6 Å². The summed E-state index contributed by atoms with van der Waals surface area (Å²) in [6.45, 7) is 0. The molecule has 0 saturated carbocycles. The van der Waals surface area contributed by atoms with Gasteiger partial charge >= 0.3 is 0 Å². The monoisotopic (exact) mass is 231 g/mol. The highest BCUT2D eigenvalue weighted by Crippen LogP contribution is 2.31. The normalized spacial score (nSPS) is 11.6. The van der Waals surface area contributed by atoms with Crippen LogP contribution in [0.15, 0.2) is 23.2 Å². The highest BCUT2D eigenvalue weighted by molar-refractivity contribution is 6.44. The van der Waals surface area contributed by atoms with Crippen LogP contribution in [0.5, 0.6) is 0 Å². The number of aliphatic imine (C=N–C) groups is 1. The largest absolute Gasteiger partial charge is 0.370 e. The Morgan fingerprint density at radius 3 is 2.64 bits per heavy atom. The smallest absolute Gasteiger partial charge is 0.195 e. The number of rotatable bonds is 1. The molecule has 76 valence electrons. The number of nitrogens with zero attached hydrogens (tertiary/aromatic N) is 2. The van der Waals surface area contributed by atoms with E-state index in [1.54, 1.807) is 25.1 Å². The van der Waals surface area contributed by atoms with Crippen LogP contribution in [-0.4, -0.2) is 20.1 Å². The summed E-state index contributed by atoms with van der Waals surface area (Å²) in [5, 5.41) is 0.975. The average Bonchev–Trinajstić information content (AvgIpc) is 2.20. The van der Waals surface area contributed by atoms with Crippen LogP contribution >= 0.6 is 23.2 Å². The fourth-order valence-corrected chi connectivity index (χ4v) is 1.45. The molecule has 0 bridgehead atoms. The van der Waals surface area contributed by atoms with Gasteiger partial charge in [-0.15, -0.1) is 0 Å². The second-order valence-electron chi connectivity index (χ2n) is 2.71. The van der Waals surface area contributed by atoms with Crippen molar-refractivity contribution >= 4 is 34.8 Å². The van der Waals surface area contributed by atoms with Crippen LogP contribution in [0.1, 0.15) is 0 Å². The molecule has 3 nitrogen and oxygen atoms in total. The molecule has 0 aliphatic carbocycles. The standard InChI is InChI=1S/C9H11Cl2N3/c1-13-9(12)14(2)7-5-3-4-6(10)8(7)11/h3-5H,1-2H3,(H2,12,13). The molecule has 0 aliphatic heterocycles. The minimum absolute atomic E-state index is 0.383. The zero-order chi connectivity index (χ0) is 10.7. The van der Waals surface area contributed by atoms with Crippen molar-refractivity contribution in [2.45, 2.75) is 0 Å². The minimum atomic E-state index is 0.383. The SMILES string of the molecule is CN=C(N)N(C)c1cccc(Cl)c1Cl. The predicted molar refractivity (Wildman–Crippen MR) is 62.4 cm³/mol. The average molecular weight is 232 g/mol. The predicted octanol–water partition coefficient (Wildman–Crippen LogP) is 2.37. The van der Waals surface area contributed by atoms with Gasteiger partial charge in [-0.2, -0.15) is 0 Å². The van der Waals surface area contributed by atoms with E-state index in [1.807, 2.05) is 12.1 Å². The third-order valence-electron chi connectivity index (χ3n) is 1.87. The third-order valence-corrected chi connectivity index (χ3v) is 2.67. The zero-order valence-electron chi connectivity index (χ0n) is 7.96. The van der Waals surface area contributed by atoms with E-state index in [2.05, 4.69) is 4.99 Å². The molecule has 0 saturated heterocycles. The Hall–Kier alpha value is -0.930. The Morgan fingerprint density at radius 1 is 1.43 bits per heavy atom. The number of benzene rings is 1. The molecule has 0 aliphatic rings. The second kappa shape index (κ2) is 4.53. The Bertz CT molecular complexity index is 363. The highest BCUT2D eigenvalue weighted by atomic mass is 35.5. The Labute approximate surface area is 93.1 Å². The summed E-state index contributed by atoms with van der Waals surface area (Å²) in [7, 11) is 3.39. The molecule has 1 aromatic carbocycles. The molecule has 0 atom stereocenters. The van der Waals surface area contributed by atoms with Crippen molar-refractivity contribution in [2.24, 2.45) is 10.7 Å². The molecular weight excluding hydrogens is 221 g/mol. The first-order valence-electron chi connectivity index (χ1n) is 3.98.